The Morgan fingerprint density at radius 1 is 0.582 bits per heavy atom. The van der Waals surface area contributed by atoms with Crippen LogP contribution in [0.1, 0.15) is 85.0 Å². The summed E-state index contributed by atoms with van der Waals surface area (Å²) in [7, 11) is 6.43. The van der Waals surface area contributed by atoms with Gasteiger partial charge in [0.15, 0.2) is 0 Å². The maximum atomic E-state index is 13.8. The van der Waals surface area contributed by atoms with Crippen LogP contribution in [0.2, 0.25) is 0 Å². The van der Waals surface area contributed by atoms with Crippen LogP contribution in [0.3, 0.4) is 0 Å². The molecule has 6 nitrogen and oxygen atoms in total. The molecule has 4 aromatic carbocycles. The quantitative estimate of drug-likeness (QED) is 0.168. The molecule has 10 rings (SSSR count). The molecule has 0 bridgehead atoms. The molecule has 8 heteroatoms. The number of nitrogens with zero attached hydrogens (tertiary/aromatic N) is 1. The molecule has 55 heavy (non-hydrogen) atoms. The molecule has 2 aliphatic heterocycles. The van der Waals surface area contributed by atoms with Crippen molar-refractivity contribution in [3.05, 3.63) is 142 Å². The van der Waals surface area contributed by atoms with Crippen LogP contribution in [0.4, 0.5) is 8.78 Å². The number of aromatic amines is 2. The zero-order valence-electron chi connectivity index (χ0n) is 32.2. The number of benzene rings is 4. The van der Waals surface area contributed by atoms with Gasteiger partial charge in [-0.05, 0) is 144 Å². The summed E-state index contributed by atoms with van der Waals surface area (Å²) in [4.78, 5) is 9.55. The van der Waals surface area contributed by atoms with Gasteiger partial charge in [-0.25, -0.2) is 8.78 Å². The Labute approximate surface area is 322 Å². The van der Waals surface area contributed by atoms with E-state index < -0.39 is 0 Å². The van der Waals surface area contributed by atoms with E-state index in [1.165, 1.54) is 45.8 Å². The molecule has 2 aliphatic carbocycles. The Hall–Kier alpha value is -4.34. The van der Waals surface area contributed by atoms with Crippen molar-refractivity contribution in [3.63, 3.8) is 0 Å². The number of fused-ring (bicyclic) bond motifs is 8. The molecular weight excluding hydrogens is 691 g/mol. The fourth-order valence-corrected chi connectivity index (χ4v) is 10.7. The minimum absolute atomic E-state index is 0.00833. The van der Waals surface area contributed by atoms with Gasteiger partial charge in [-0.2, -0.15) is 0 Å². The van der Waals surface area contributed by atoms with Crippen molar-refractivity contribution < 1.29 is 18.3 Å². The van der Waals surface area contributed by atoms with Crippen LogP contribution in [0, 0.1) is 11.6 Å². The third-order valence-electron chi connectivity index (χ3n) is 13.9. The number of rotatable bonds is 4. The maximum Gasteiger partial charge on any atom is 0.123 e. The van der Waals surface area contributed by atoms with E-state index in [1.54, 1.807) is 12.1 Å². The van der Waals surface area contributed by atoms with Crippen LogP contribution in [-0.2, 0) is 44.6 Å². The van der Waals surface area contributed by atoms with Gasteiger partial charge in [0.1, 0.15) is 22.8 Å². The van der Waals surface area contributed by atoms with Crippen molar-refractivity contribution in [2.24, 2.45) is 0 Å². The minimum Gasteiger partial charge on any atom is -0.368 e. The smallest absolute Gasteiger partial charge is 0.123 e. The molecule has 6 aromatic rings. The predicted octanol–water partition coefficient (Wildman–Crippen LogP) is 9.87. The zero-order valence-corrected chi connectivity index (χ0v) is 32.2. The van der Waals surface area contributed by atoms with Gasteiger partial charge in [-0.15, -0.1) is 0 Å². The molecule has 0 radical (unpaired) electrons. The molecule has 4 aliphatic rings. The molecule has 2 fully saturated rings. The Morgan fingerprint density at radius 3 is 1.49 bits per heavy atom. The van der Waals surface area contributed by atoms with E-state index in [1.807, 2.05) is 12.1 Å². The van der Waals surface area contributed by atoms with E-state index in [9.17, 15) is 8.78 Å². The third-order valence-corrected chi connectivity index (χ3v) is 13.9. The first kappa shape index (κ1) is 36.3. The summed E-state index contributed by atoms with van der Waals surface area (Å²) in [6.45, 7) is 1.41. The van der Waals surface area contributed by atoms with Gasteiger partial charge in [0.2, 0.25) is 0 Å². The summed E-state index contributed by atoms with van der Waals surface area (Å²) < 4.78 is 40.5. The molecule has 2 spiro atoms. The highest BCUT2D eigenvalue weighted by Crippen LogP contribution is 2.53. The summed E-state index contributed by atoms with van der Waals surface area (Å²) in [6, 6.07) is 31.7. The number of nitrogens with one attached hydrogen (secondary N) is 3. The van der Waals surface area contributed by atoms with Crippen molar-refractivity contribution in [3.8, 4) is 0 Å². The highest BCUT2D eigenvalue weighted by atomic mass is 19.1. The lowest BCUT2D eigenvalue weighted by Crippen LogP contribution is -2.50. The van der Waals surface area contributed by atoms with Crippen LogP contribution in [0.15, 0.2) is 97.1 Å². The first-order chi connectivity index (χ1) is 26.7. The molecule has 2 saturated carbocycles. The second-order valence-corrected chi connectivity index (χ2v) is 16.5. The Bertz CT molecular complexity index is 2300. The van der Waals surface area contributed by atoms with Crippen molar-refractivity contribution in [1.82, 2.24) is 20.2 Å². The van der Waals surface area contributed by atoms with Crippen molar-refractivity contribution in [2.75, 3.05) is 34.4 Å². The van der Waals surface area contributed by atoms with E-state index in [0.717, 1.165) is 86.0 Å². The number of H-pyrrole nitrogens is 2. The first-order valence-electron chi connectivity index (χ1n) is 20.1. The van der Waals surface area contributed by atoms with Crippen LogP contribution < -0.4 is 5.32 Å². The number of aromatic nitrogens is 2. The average Bonchev–Trinajstić information content (AvgIpc) is 3.79. The van der Waals surface area contributed by atoms with E-state index in [4.69, 9.17) is 9.47 Å². The number of halogens is 2. The Balaban J connectivity index is 0.000000144. The first-order valence-corrected chi connectivity index (χ1v) is 20.1. The van der Waals surface area contributed by atoms with Gasteiger partial charge in [0, 0.05) is 32.9 Å². The van der Waals surface area contributed by atoms with Gasteiger partial charge in [0.05, 0.1) is 24.6 Å². The fraction of sp³-hybridized carbons (Fsp3) is 0.404. The summed E-state index contributed by atoms with van der Waals surface area (Å²) in [5, 5.41) is 5.63. The summed E-state index contributed by atoms with van der Waals surface area (Å²) >= 11 is 0. The second-order valence-electron chi connectivity index (χ2n) is 16.5. The predicted molar refractivity (Wildman–Crippen MR) is 215 cm³/mol. The molecule has 2 aromatic heterocycles. The molecule has 0 atom stereocenters. The molecular formula is C47H52F2N4O2. The number of ether oxygens (including phenoxy) is 2. The van der Waals surface area contributed by atoms with E-state index >= 15 is 0 Å². The van der Waals surface area contributed by atoms with Crippen LogP contribution in [0.25, 0.3) is 21.8 Å². The Morgan fingerprint density at radius 2 is 1.04 bits per heavy atom. The maximum absolute atomic E-state index is 13.8. The number of hydrogen-bond acceptors (Lipinski definition) is 4. The summed E-state index contributed by atoms with van der Waals surface area (Å²) in [6.07, 6.45) is 9.60. The highest BCUT2D eigenvalue weighted by Gasteiger charge is 2.50. The van der Waals surface area contributed by atoms with Gasteiger partial charge in [0.25, 0.3) is 0 Å². The van der Waals surface area contributed by atoms with E-state index in [-0.39, 0.29) is 33.9 Å². The SMILES string of the molecule is CN(C)C1(c2ccccc2)CCC2(CC1)OCCc1c2[nH]c2ccc(F)cc12.CNC1(c2ccccc2)CCC2(CC1)OCCc1c2[nH]c2ccc(F)cc12. The highest BCUT2D eigenvalue weighted by molar-refractivity contribution is 5.86. The van der Waals surface area contributed by atoms with Crippen molar-refractivity contribution in [2.45, 2.75) is 86.5 Å². The van der Waals surface area contributed by atoms with Crippen molar-refractivity contribution in [1.29, 1.82) is 0 Å². The monoisotopic (exact) mass is 742 g/mol. The molecule has 3 N–H and O–H groups in total. The Kier molecular flexibility index (Phi) is 9.24. The molecule has 286 valence electrons. The molecule has 0 unspecified atom stereocenters. The summed E-state index contributed by atoms with van der Waals surface area (Å²) in [5.74, 6) is -0.346. The second kappa shape index (κ2) is 14.0. The normalized spacial score (nSPS) is 27.6. The van der Waals surface area contributed by atoms with Crippen LogP contribution in [0.5, 0.6) is 0 Å². The largest absolute Gasteiger partial charge is 0.368 e. The van der Waals surface area contributed by atoms with E-state index in [0.29, 0.717) is 13.2 Å². The number of hydrogen-bond donors (Lipinski definition) is 3. The summed E-state index contributed by atoms with van der Waals surface area (Å²) in [5.41, 5.74) is 9.06. The fourth-order valence-electron chi connectivity index (χ4n) is 10.7. The van der Waals surface area contributed by atoms with Gasteiger partial charge < -0.3 is 24.8 Å². The van der Waals surface area contributed by atoms with E-state index in [2.05, 4.69) is 102 Å². The van der Waals surface area contributed by atoms with Gasteiger partial charge >= 0.3 is 0 Å². The molecule has 0 amide bonds. The van der Waals surface area contributed by atoms with Crippen molar-refractivity contribution >= 4 is 21.8 Å². The molecule has 0 saturated heterocycles. The van der Waals surface area contributed by atoms with Gasteiger partial charge in [-0.1, -0.05) is 60.7 Å². The third kappa shape index (κ3) is 6.04. The standard InChI is InChI=1S/C24H27FN2O.C23H25FN2O/c1-27(2)23(17-6-4-3-5-7-17)11-13-24(14-12-23)22-19(10-15-28-24)20-16-18(25)8-9-21(20)26-22;1-25-22(16-5-3-2-4-6-16)10-12-23(13-11-22)21-18(9-14-27-23)19-15-17(24)7-8-20(19)26-21/h3-9,16,26H,10-15H2,1-2H3;2-8,15,25-26H,9-14H2,1H3. The minimum atomic E-state index is -0.280. The zero-order chi connectivity index (χ0) is 37.8. The lowest BCUT2D eigenvalue weighted by atomic mass is 9.68. The average molecular weight is 743 g/mol. The molecule has 4 heterocycles. The lowest BCUT2D eigenvalue weighted by molar-refractivity contribution is -0.113. The van der Waals surface area contributed by atoms with Gasteiger partial charge in [-0.3, -0.25) is 4.90 Å². The lowest BCUT2D eigenvalue weighted by Gasteiger charge is -2.50. The topological polar surface area (TPSA) is 65.3 Å². The van der Waals surface area contributed by atoms with Crippen LogP contribution >= 0.6 is 0 Å². The van der Waals surface area contributed by atoms with Crippen LogP contribution in [-0.4, -0.2) is 49.2 Å².